The molecular formula is C14H14FN3O3. The number of carbonyl (C=O) groups excluding carboxylic acids is 1. The third-order valence-corrected chi connectivity index (χ3v) is 3.63. The molecule has 1 fully saturated rings. The first-order chi connectivity index (χ1) is 10.1. The van der Waals surface area contributed by atoms with Gasteiger partial charge in [0.05, 0.1) is 22.9 Å². The lowest BCUT2D eigenvalue weighted by Crippen LogP contribution is -2.31. The fourth-order valence-electron chi connectivity index (χ4n) is 2.42. The lowest BCUT2D eigenvalue weighted by molar-refractivity contribution is -0.126. The van der Waals surface area contributed by atoms with E-state index in [1.165, 1.54) is 12.4 Å². The number of aromatic nitrogens is 2. The van der Waals surface area contributed by atoms with E-state index in [4.69, 9.17) is 4.74 Å². The Kier molecular flexibility index (Phi) is 3.42. The highest BCUT2D eigenvalue weighted by molar-refractivity contribution is 5.96. The second kappa shape index (κ2) is 5.25. The smallest absolute Gasteiger partial charge is 0.258 e. The van der Waals surface area contributed by atoms with Gasteiger partial charge in [0.1, 0.15) is 11.9 Å². The summed E-state index contributed by atoms with van der Waals surface area (Å²) in [6.07, 6.45) is 1.41. The number of H-pyrrole nitrogens is 1. The van der Waals surface area contributed by atoms with Crippen molar-refractivity contribution in [3.63, 3.8) is 0 Å². The van der Waals surface area contributed by atoms with Crippen LogP contribution in [0, 0.1) is 11.7 Å². The molecule has 2 unspecified atom stereocenters. The van der Waals surface area contributed by atoms with E-state index >= 15 is 0 Å². The number of nitrogens with one attached hydrogen (secondary N) is 2. The molecule has 0 spiro atoms. The SMILES string of the molecule is CC1CCOC1C(=O)Nc1cc2c(=O)[nH]cnc2cc1F. The van der Waals surface area contributed by atoms with Gasteiger partial charge in [0.2, 0.25) is 0 Å². The van der Waals surface area contributed by atoms with Gasteiger partial charge in [0.15, 0.2) is 0 Å². The fourth-order valence-corrected chi connectivity index (χ4v) is 2.42. The number of carbonyl (C=O) groups is 1. The molecule has 0 bridgehead atoms. The number of hydrogen-bond acceptors (Lipinski definition) is 4. The van der Waals surface area contributed by atoms with Crippen LogP contribution < -0.4 is 10.9 Å². The molecule has 2 aromatic rings. The number of rotatable bonds is 2. The van der Waals surface area contributed by atoms with Crippen molar-refractivity contribution in [3.8, 4) is 0 Å². The molecule has 0 aliphatic carbocycles. The molecule has 2 N–H and O–H groups in total. The summed E-state index contributed by atoms with van der Waals surface area (Å²) < 4.78 is 19.3. The summed E-state index contributed by atoms with van der Waals surface area (Å²) in [6, 6.07) is 2.41. The average molecular weight is 291 g/mol. The maximum absolute atomic E-state index is 14.0. The number of ether oxygens (including phenoxy) is 1. The van der Waals surface area contributed by atoms with E-state index in [9.17, 15) is 14.0 Å². The van der Waals surface area contributed by atoms with E-state index in [-0.39, 0.29) is 28.1 Å². The minimum Gasteiger partial charge on any atom is -0.368 e. The number of fused-ring (bicyclic) bond motifs is 1. The minimum atomic E-state index is -0.639. The molecule has 3 rings (SSSR count). The fraction of sp³-hybridized carbons (Fsp3) is 0.357. The molecule has 110 valence electrons. The molecule has 2 atom stereocenters. The molecule has 21 heavy (non-hydrogen) atoms. The molecule has 1 aromatic heterocycles. The van der Waals surface area contributed by atoms with Crippen LogP contribution in [0.4, 0.5) is 10.1 Å². The van der Waals surface area contributed by atoms with Crippen molar-refractivity contribution in [2.24, 2.45) is 5.92 Å². The molecule has 1 aliphatic rings. The predicted molar refractivity (Wildman–Crippen MR) is 74.5 cm³/mol. The van der Waals surface area contributed by atoms with E-state index in [2.05, 4.69) is 15.3 Å². The third-order valence-electron chi connectivity index (χ3n) is 3.63. The van der Waals surface area contributed by atoms with Gasteiger partial charge in [-0.25, -0.2) is 9.37 Å². The third kappa shape index (κ3) is 2.52. The zero-order valence-corrected chi connectivity index (χ0v) is 11.4. The van der Waals surface area contributed by atoms with Gasteiger partial charge in [-0.05, 0) is 18.4 Å². The maximum atomic E-state index is 14.0. The number of benzene rings is 1. The van der Waals surface area contributed by atoms with Crippen molar-refractivity contribution in [3.05, 3.63) is 34.6 Å². The molecule has 0 saturated carbocycles. The van der Waals surface area contributed by atoms with E-state index in [0.29, 0.717) is 6.61 Å². The molecule has 1 aromatic carbocycles. The van der Waals surface area contributed by atoms with Crippen LogP contribution in [-0.2, 0) is 9.53 Å². The van der Waals surface area contributed by atoms with Crippen molar-refractivity contribution < 1.29 is 13.9 Å². The van der Waals surface area contributed by atoms with Gasteiger partial charge in [0, 0.05) is 12.7 Å². The minimum absolute atomic E-state index is 0.0475. The van der Waals surface area contributed by atoms with Crippen LogP contribution in [-0.4, -0.2) is 28.6 Å². The number of anilines is 1. The van der Waals surface area contributed by atoms with Gasteiger partial charge in [-0.2, -0.15) is 0 Å². The van der Waals surface area contributed by atoms with E-state index < -0.39 is 17.8 Å². The molecule has 6 nitrogen and oxygen atoms in total. The molecule has 1 saturated heterocycles. The second-order valence-corrected chi connectivity index (χ2v) is 5.13. The Morgan fingerprint density at radius 2 is 2.33 bits per heavy atom. The van der Waals surface area contributed by atoms with Crippen LogP contribution in [0.1, 0.15) is 13.3 Å². The van der Waals surface area contributed by atoms with Crippen LogP contribution in [0.5, 0.6) is 0 Å². The summed E-state index contributed by atoms with van der Waals surface area (Å²) in [6.45, 7) is 2.42. The van der Waals surface area contributed by atoms with Crippen molar-refractivity contribution >= 4 is 22.5 Å². The number of aromatic amines is 1. The van der Waals surface area contributed by atoms with Gasteiger partial charge in [-0.1, -0.05) is 6.92 Å². The van der Waals surface area contributed by atoms with E-state index in [1.807, 2.05) is 6.92 Å². The number of hydrogen-bond donors (Lipinski definition) is 2. The van der Waals surface area contributed by atoms with Crippen LogP contribution in [0.25, 0.3) is 10.9 Å². The highest BCUT2D eigenvalue weighted by Gasteiger charge is 2.31. The Hall–Kier alpha value is -2.28. The number of amides is 1. The summed E-state index contributed by atoms with van der Waals surface area (Å²) in [5.41, 5.74) is -0.200. The standard InChI is InChI=1S/C14H14FN3O3/c1-7-2-3-21-12(7)14(20)18-11-4-8-10(5-9(11)15)16-6-17-13(8)19/h4-7,12H,2-3H2,1H3,(H,18,20)(H,16,17,19). The molecule has 0 radical (unpaired) electrons. The van der Waals surface area contributed by atoms with Crippen molar-refractivity contribution in [2.75, 3.05) is 11.9 Å². The van der Waals surface area contributed by atoms with Gasteiger partial charge in [-0.3, -0.25) is 9.59 Å². The zero-order valence-electron chi connectivity index (χ0n) is 11.4. The van der Waals surface area contributed by atoms with Gasteiger partial charge in [-0.15, -0.1) is 0 Å². The quantitative estimate of drug-likeness (QED) is 0.876. The first-order valence-electron chi connectivity index (χ1n) is 6.65. The molecular weight excluding hydrogens is 277 g/mol. The largest absolute Gasteiger partial charge is 0.368 e. The lowest BCUT2D eigenvalue weighted by atomic mass is 10.0. The van der Waals surface area contributed by atoms with Gasteiger partial charge >= 0.3 is 0 Å². The predicted octanol–water partition coefficient (Wildman–Crippen LogP) is 1.43. The van der Waals surface area contributed by atoms with Crippen molar-refractivity contribution in [1.29, 1.82) is 0 Å². The highest BCUT2D eigenvalue weighted by atomic mass is 19.1. The average Bonchev–Trinajstić information content (AvgIpc) is 2.87. The Balaban J connectivity index is 1.93. The molecule has 7 heteroatoms. The first kappa shape index (κ1) is 13.7. The van der Waals surface area contributed by atoms with Crippen LogP contribution in [0.2, 0.25) is 0 Å². The van der Waals surface area contributed by atoms with Crippen LogP contribution >= 0.6 is 0 Å². The maximum Gasteiger partial charge on any atom is 0.258 e. The van der Waals surface area contributed by atoms with E-state index in [0.717, 1.165) is 12.5 Å². The van der Waals surface area contributed by atoms with Crippen molar-refractivity contribution in [1.82, 2.24) is 9.97 Å². The molecule has 2 heterocycles. The number of halogens is 1. The Morgan fingerprint density at radius 1 is 1.52 bits per heavy atom. The number of nitrogens with zero attached hydrogens (tertiary/aromatic N) is 1. The molecule has 1 aliphatic heterocycles. The second-order valence-electron chi connectivity index (χ2n) is 5.13. The Morgan fingerprint density at radius 3 is 3.05 bits per heavy atom. The van der Waals surface area contributed by atoms with Crippen LogP contribution in [0.3, 0.4) is 0 Å². The highest BCUT2D eigenvalue weighted by Crippen LogP contribution is 2.24. The van der Waals surface area contributed by atoms with Crippen LogP contribution in [0.15, 0.2) is 23.3 Å². The summed E-state index contributed by atoms with van der Waals surface area (Å²) in [5.74, 6) is -0.961. The monoisotopic (exact) mass is 291 g/mol. The zero-order chi connectivity index (χ0) is 15.0. The summed E-state index contributed by atoms with van der Waals surface area (Å²) in [7, 11) is 0. The Bertz CT molecular complexity index is 759. The summed E-state index contributed by atoms with van der Waals surface area (Å²) in [4.78, 5) is 30.1. The van der Waals surface area contributed by atoms with Crippen molar-refractivity contribution in [2.45, 2.75) is 19.4 Å². The van der Waals surface area contributed by atoms with Gasteiger partial charge < -0.3 is 15.0 Å². The first-order valence-corrected chi connectivity index (χ1v) is 6.65. The Labute approximate surface area is 119 Å². The summed E-state index contributed by atoms with van der Waals surface area (Å²) >= 11 is 0. The topological polar surface area (TPSA) is 84.1 Å². The summed E-state index contributed by atoms with van der Waals surface area (Å²) in [5, 5.41) is 2.70. The van der Waals surface area contributed by atoms with Gasteiger partial charge in [0.25, 0.3) is 11.5 Å². The lowest BCUT2D eigenvalue weighted by Gasteiger charge is -2.15. The normalized spacial score (nSPS) is 21.6. The molecule has 1 amide bonds. The van der Waals surface area contributed by atoms with E-state index in [1.54, 1.807) is 0 Å².